The Hall–Kier alpha value is -1.54. The number of alkyl halides is 2. The number of halogens is 3. The second-order valence-electron chi connectivity index (χ2n) is 5.12. The summed E-state index contributed by atoms with van der Waals surface area (Å²) in [5.41, 5.74) is -0.0756. The van der Waals surface area contributed by atoms with Crippen LogP contribution < -0.4 is 4.74 Å². The van der Waals surface area contributed by atoms with Gasteiger partial charge in [0, 0.05) is 28.9 Å². The lowest BCUT2D eigenvalue weighted by Gasteiger charge is -2.14. The van der Waals surface area contributed by atoms with E-state index < -0.39 is 22.2 Å². The number of sulfone groups is 1. The van der Waals surface area contributed by atoms with Gasteiger partial charge in [-0.05, 0) is 39.7 Å². The fraction of sp³-hybridized carbons (Fsp3) is 0.200. The number of aromatic nitrogens is 1. The molecule has 1 aliphatic rings. The molecule has 3 rings (SSSR count). The molecule has 0 bridgehead atoms. The monoisotopic (exact) mass is 402 g/mol. The molecule has 0 unspecified atom stereocenters. The summed E-state index contributed by atoms with van der Waals surface area (Å²) in [6, 6.07) is 4.23. The maximum absolute atomic E-state index is 14.2. The molecule has 1 aliphatic carbocycles. The SMILES string of the molecule is CS(=O)(=O)c1ccc(Oc2cncc(Br)c2)c2c1[CH][C@H](F)[C@@H]2F. The number of nitrogens with zero attached hydrogens (tertiary/aromatic N) is 1. The summed E-state index contributed by atoms with van der Waals surface area (Å²) >= 11 is 3.23. The largest absolute Gasteiger partial charge is 0.455 e. The summed E-state index contributed by atoms with van der Waals surface area (Å²) in [4.78, 5) is 3.81. The van der Waals surface area contributed by atoms with E-state index in [4.69, 9.17) is 4.74 Å². The Morgan fingerprint density at radius 2 is 2.00 bits per heavy atom. The summed E-state index contributed by atoms with van der Waals surface area (Å²) in [5.74, 6) is 0.388. The lowest BCUT2D eigenvalue weighted by atomic mass is 10.1. The summed E-state index contributed by atoms with van der Waals surface area (Å²) in [6.07, 6.45) is 1.06. The van der Waals surface area contributed by atoms with Gasteiger partial charge in [-0.1, -0.05) is 0 Å². The molecule has 0 fully saturated rings. The Labute approximate surface area is 140 Å². The van der Waals surface area contributed by atoms with E-state index in [9.17, 15) is 17.2 Å². The molecule has 0 saturated carbocycles. The Balaban J connectivity index is 2.11. The molecule has 4 nitrogen and oxygen atoms in total. The normalized spacial score (nSPS) is 20.3. The third-order valence-corrected chi connectivity index (χ3v) is 4.98. The maximum atomic E-state index is 14.2. The van der Waals surface area contributed by atoms with E-state index in [1.807, 2.05) is 0 Å². The maximum Gasteiger partial charge on any atom is 0.175 e. The Bertz CT molecular complexity index is 873. The Morgan fingerprint density at radius 3 is 2.65 bits per heavy atom. The van der Waals surface area contributed by atoms with Gasteiger partial charge in [0.25, 0.3) is 0 Å². The van der Waals surface area contributed by atoms with Crippen molar-refractivity contribution < 1.29 is 21.9 Å². The molecule has 23 heavy (non-hydrogen) atoms. The van der Waals surface area contributed by atoms with Crippen molar-refractivity contribution in [3.63, 3.8) is 0 Å². The Morgan fingerprint density at radius 1 is 1.26 bits per heavy atom. The summed E-state index contributed by atoms with van der Waals surface area (Å²) in [6.45, 7) is 0. The molecule has 0 N–H and O–H groups in total. The first-order valence-electron chi connectivity index (χ1n) is 6.56. The molecule has 1 aromatic carbocycles. The van der Waals surface area contributed by atoms with Gasteiger partial charge < -0.3 is 4.74 Å². The van der Waals surface area contributed by atoms with Crippen molar-refractivity contribution in [3.05, 3.63) is 52.6 Å². The number of rotatable bonds is 3. The van der Waals surface area contributed by atoms with Gasteiger partial charge in [-0.25, -0.2) is 17.2 Å². The van der Waals surface area contributed by atoms with Crippen LogP contribution in [0.25, 0.3) is 0 Å². The highest BCUT2D eigenvalue weighted by molar-refractivity contribution is 9.10. The van der Waals surface area contributed by atoms with Crippen LogP contribution in [0, 0.1) is 6.42 Å². The first-order valence-corrected chi connectivity index (χ1v) is 9.24. The molecule has 8 heteroatoms. The predicted molar refractivity (Wildman–Crippen MR) is 83.7 cm³/mol. The molecule has 0 spiro atoms. The van der Waals surface area contributed by atoms with Crippen LogP contribution in [0.15, 0.2) is 40.0 Å². The zero-order valence-electron chi connectivity index (χ0n) is 11.8. The quantitative estimate of drug-likeness (QED) is 0.779. The van der Waals surface area contributed by atoms with E-state index in [-0.39, 0.29) is 21.8 Å². The van der Waals surface area contributed by atoms with Crippen molar-refractivity contribution >= 4 is 25.8 Å². The molecule has 2 atom stereocenters. The number of benzene rings is 1. The van der Waals surface area contributed by atoms with Crippen LogP contribution in [0.4, 0.5) is 8.78 Å². The van der Waals surface area contributed by atoms with Gasteiger partial charge in [0.1, 0.15) is 17.7 Å². The standard InChI is InChI=1S/C15H11BrF2NO3S/c1-23(20,21)13-3-2-12(14-10(13)5-11(17)15(14)18)22-9-4-8(16)6-19-7-9/h2-7,11,15H,1H3/t11-,15-/m0/s1. The number of ether oxygens (including phenoxy) is 1. The van der Waals surface area contributed by atoms with Crippen LogP contribution in [0.3, 0.4) is 0 Å². The lowest BCUT2D eigenvalue weighted by molar-refractivity contribution is 0.209. The second-order valence-corrected chi connectivity index (χ2v) is 8.01. The van der Waals surface area contributed by atoms with E-state index in [1.54, 1.807) is 12.3 Å². The third-order valence-electron chi connectivity index (χ3n) is 3.40. The van der Waals surface area contributed by atoms with Crippen molar-refractivity contribution in [2.24, 2.45) is 0 Å². The smallest absolute Gasteiger partial charge is 0.175 e. The fourth-order valence-corrected chi connectivity index (χ4v) is 3.68. The van der Waals surface area contributed by atoms with Crippen LogP contribution in [-0.4, -0.2) is 25.8 Å². The molecule has 1 heterocycles. The van der Waals surface area contributed by atoms with Crippen molar-refractivity contribution in [3.8, 4) is 11.5 Å². The van der Waals surface area contributed by atoms with Gasteiger partial charge in [-0.15, -0.1) is 0 Å². The van der Waals surface area contributed by atoms with Crippen molar-refractivity contribution in [2.45, 2.75) is 17.2 Å². The topological polar surface area (TPSA) is 56.3 Å². The second kappa shape index (κ2) is 5.83. The zero-order valence-corrected chi connectivity index (χ0v) is 14.2. The highest BCUT2D eigenvalue weighted by atomic mass is 79.9. The first-order chi connectivity index (χ1) is 10.8. The van der Waals surface area contributed by atoms with E-state index in [0.29, 0.717) is 10.2 Å². The highest BCUT2D eigenvalue weighted by Gasteiger charge is 2.39. The van der Waals surface area contributed by atoms with E-state index in [1.165, 1.54) is 18.3 Å². The molecule has 1 aromatic heterocycles. The third kappa shape index (κ3) is 3.10. The first kappa shape index (κ1) is 16.3. The fourth-order valence-electron chi connectivity index (χ4n) is 2.44. The zero-order chi connectivity index (χ0) is 16.8. The van der Waals surface area contributed by atoms with Crippen molar-refractivity contribution in [1.29, 1.82) is 0 Å². The minimum atomic E-state index is -3.61. The molecule has 121 valence electrons. The Kier molecular flexibility index (Phi) is 4.14. The molecule has 1 radical (unpaired) electrons. The van der Waals surface area contributed by atoms with Crippen LogP contribution in [0.1, 0.15) is 17.3 Å². The van der Waals surface area contributed by atoms with Crippen molar-refractivity contribution in [2.75, 3.05) is 6.26 Å². The summed E-state index contributed by atoms with van der Waals surface area (Å²) in [5, 5.41) is 0. The molecular formula is C15H11BrF2NO3S. The molecular weight excluding hydrogens is 392 g/mol. The van der Waals surface area contributed by atoms with Gasteiger partial charge >= 0.3 is 0 Å². The molecule has 0 amide bonds. The van der Waals surface area contributed by atoms with Gasteiger partial charge in [-0.3, -0.25) is 4.98 Å². The van der Waals surface area contributed by atoms with E-state index >= 15 is 0 Å². The van der Waals surface area contributed by atoms with Crippen LogP contribution in [0.2, 0.25) is 0 Å². The average Bonchev–Trinajstić information content (AvgIpc) is 2.74. The number of pyridine rings is 1. The lowest BCUT2D eigenvalue weighted by Crippen LogP contribution is -2.03. The van der Waals surface area contributed by atoms with Gasteiger partial charge in [0.15, 0.2) is 16.0 Å². The number of hydrogen-bond donors (Lipinski definition) is 0. The molecule has 2 aromatic rings. The molecule has 0 aliphatic heterocycles. The summed E-state index contributed by atoms with van der Waals surface area (Å²) < 4.78 is 57.8. The van der Waals surface area contributed by atoms with Crippen LogP contribution in [0.5, 0.6) is 11.5 Å². The number of fused-ring (bicyclic) bond motifs is 1. The van der Waals surface area contributed by atoms with Gasteiger partial charge in [0.2, 0.25) is 0 Å². The van der Waals surface area contributed by atoms with Gasteiger partial charge in [-0.2, -0.15) is 0 Å². The highest BCUT2D eigenvalue weighted by Crippen LogP contribution is 2.46. The van der Waals surface area contributed by atoms with Crippen LogP contribution >= 0.6 is 15.9 Å². The summed E-state index contributed by atoms with van der Waals surface area (Å²) in [7, 11) is -3.61. The number of hydrogen-bond acceptors (Lipinski definition) is 4. The van der Waals surface area contributed by atoms with E-state index in [0.717, 1.165) is 12.7 Å². The van der Waals surface area contributed by atoms with Crippen LogP contribution in [-0.2, 0) is 9.84 Å². The van der Waals surface area contributed by atoms with Gasteiger partial charge in [0.05, 0.1) is 11.1 Å². The predicted octanol–water partition coefficient (Wildman–Crippen LogP) is 3.95. The minimum Gasteiger partial charge on any atom is -0.455 e. The average molecular weight is 403 g/mol. The molecule has 0 saturated heterocycles. The minimum absolute atomic E-state index is 0.0213. The van der Waals surface area contributed by atoms with E-state index in [2.05, 4.69) is 20.9 Å². The van der Waals surface area contributed by atoms with Crippen molar-refractivity contribution in [1.82, 2.24) is 4.98 Å².